The predicted octanol–water partition coefficient (Wildman–Crippen LogP) is 4.02. The number of methoxy groups -OCH3 is 1. The van der Waals surface area contributed by atoms with Gasteiger partial charge in [0.25, 0.3) is 0 Å². The van der Waals surface area contributed by atoms with E-state index in [1.165, 1.54) is 6.33 Å². The van der Waals surface area contributed by atoms with Crippen molar-refractivity contribution in [3.8, 4) is 34.8 Å². The van der Waals surface area contributed by atoms with Crippen LogP contribution in [0.4, 0.5) is 11.5 Å². The number of benzene rings is 2. The van der Waals surface area contributed by atoms with E-state index in [0.717, 1.165) is 0 Å². The molecule has 1 N–H and O–H groups in total. The second-order valence-corrected chi connectivity index (χ2v) is 10.5. The molecule has 2 aliphatic rings. The number of amides is 1. The molecule has 3 heterocycles. The van der Waals surface area contributed by atoms with Crippen LogP contribution in [0, 0.1) is 11.8 Å². The highest BCUT2D eigenvalue weighted by Crippen LogP contribution is 2.48. The van der Waals surface area contributed by atoms with Crippen LogP contribution in [0.25, 0.3) is 10.9 Å². The lowest BCUT2D eigenvalue weighted by Gasteiger charge is -2.30. The van der Waals surface area contributed by atoms with Crippen molar-refractivity contribution in [1.82, 2.24) is 19.9 Å². The Kier molecular flexibility index (Phi) is 9.89. The van der Waals surface area contributed by atoms with Crippen molar-refractivity contribution in [3.05, 3.63) is 35.1 Å². The molecular weight excluding hydrogens is 578 g/mol. The summed E-state index contributed by atoms with van der Waals surface area (Å²) >= 11 is 6.70. The summed E-state index contributed by atoms with van der Waals surface area (Å²) in [5.74, 6) is 8.52. The third kappa shape index (κ3) is 7.32. The lowest BCUT2D eigenvalue weighted by Crippen LogP contribution is -2.48. The molecule has 13 heteroatoms. The first-order valence-electron chi connectivity index (χ1n) is 13.9. The van der Waals surface area contributed by atoms with Crippen LogP contribution >= 0.6 is 11.6 Å². The maximum atomic E-state index is 11.9. The summed E-state index contributed by atoms with van der Waals surface area (Å²) in [4.78, 5) is 28.3. The lowest BCUT2D eigenvalue weighted by atomic mass is 10.1. The fraction of sp³-hybridized carbons (Fsp3) is 0.433. The van der Waals surface area contributed by atoms with Crippen LogP contribution in [0.15, 0.2) is 24.5 Å². The Balaban J connectivity index is 1.34. The molecule has 0 saturated carbocycles. The standard InChI is InChI=1S/C30H34ClN5O7/c1-19(2)43-24-15-21(39-11-6-12-42-36-9-8-35(3)25(37)16-36)14-23-26(24)30(33-17-32-23)34-27-22(31)13-20(7-5-10-38-4)28-29(27)41-18-40-28/h13-15,17,19H,6,8-12,16,18H2,1-4H3,(H,32,33,34). The maximum absolute atomic E-state index is 11.9. The summed E-state index contributed by atoms with van der Waals surface area (Å²) in [7, 11) is 3.37. The Labute approximate surface area is 255 Å². The van der Waals surface area contributed by atoms with Gasteiger partial charge >= 0.3 is 0 Å². The van der Waals surface area contributed by atoms with Crippen LogP contribution in [0.3, 0.4) is 0 Å². The summed E-state index contributed by atoms with van der Waals surface area (Å²) in [5.41, 5.74) is 1.70. The van der Waals surface area contributed by atoms with E-state index < -0.39 is 0 Å². The number of fused-ring (bicyclic) bond motifs is 2. The Bertz CT molecular complexity index is 1540. The quantitative estimate of drug-likeness (QED) is 0.250. The SMILES string of the molecule is COCC#Cc1cc(Cl)c(Nc2ncnc3cc(OCCCON4CCN(C)C(=O)C4)cc(OC(C)C)c23)c2c1OCO2. The first kappa shape index (κ1) is 30.4. The zero-order valence-corrected chi connectivity index (χ0v) is 25.3. The highest BCUT2D eigenvalue weighted by molar-refractivity contribution is 6.34. The number of nitrogens with one attached hydrogen (secondary N) is 1. The van der Waals surface area contributed by atoms with Gasteiger partial charge in [0.1, 0.15) is 42.5 Å². The number of halogens is 1. The first-order chi connectivity index (χ1) is 20.8. The van der Waals surface area contributed by atoms with Gasteiger partial charge in [-0.15, -0.1) is 0 Å². The highest BCUT2D eigenvalue weighted by atomic mass is 35.5. The van der Waals surface area contributed by atoms with Gasteiger partial charge < -0.3 is 33.9 Å². The molecule has 0 spiro atoms. The first-order valence-corrected chi connectivity index (χ1v) is 14.3. The maximum Gasteiger partial charge on any atom is 0.238 e. The largest absolute Gasteiger partial charge is 0.493 e. The van der Waals surface area contributed by atoms with Gasteiger partial charge in [-0.1, -0.05) is 23.4 Å². The molecule has 0 atom stereocenters. The van der Waals surface area contributed by atoms with Gasteiger partial charge in [0.15, 0.2) is 11.5 Å². The number of nitrogens with zero attached hydrogens (tertiary/aromatic N) is 4. The fourth-order valence-corrected chi connectivity index (χ4v) is 4.75. The van der Waals surface area contributed by atoms with E-state index in [1.54, 1.807) is 30.2 Å². The molecule has 2 aliphatic heterocycles. The molecule has 5 rings (SSSR count). The number of hydrogen-bond donors (Lipinski definition) is 1. The number of aromatic nitrogens is 2. The number of hydrogen-bond acceptors (Lipinski definition) is 11. The second-order valence-electron chi connectivity index (χ2n) is 10.1. The van der Waals surface area contributed by atoms with Crippen LogP contribution in [-0.2, 0) is 14.4 Å². The molecule has 43 heavy (non-hydrogen) atoms. The average Bonchev–Trinajstić information content (AvgIpc) is 3.47. The lowest BCUT2D eigenvalue weighted by molar-refractivity contribution is -0.186. The van der Waals surface area contributed by atoms with Gasteiger partial charge in [-0.2, -0.15) is 5.06 Å². The number of ether oxygens (including phenoxy) is 5. The molecule has 0 radical (unpaired) electrons. The minimum absolute atomic E-state index is 0.0365. The predicted molar refractivity (Wildman–Crippen MR) is 160 cm³/mol. The van der Waals surface area contributed by atoms with Gasteiger partial charge in [0.2, 0.25) is 12.7 Å². The van der Waals surface area contributed by atoms with Crippen molar-refractivity contribution in [2.75, 3.05) is 65.7 Å². The Morgan fingerprint density at radius 3 is 2.77 bits per heavy atom. The number of rotatable bonds is 11. The van der Waals surface area contributed by atoms with Crippen LogP contribution in [0.1, 0.15) is 25.8 Å². The Morgan fingerprint density at radius 2 is 1.98 bits per heavy atom. The van der Waals surface area contributed by atoms with Crippen molar-refractivity contribution < 1.29 is 33.3 Å². The summed E-state index contributed by atoms with van der Waals surface area (Å²) < 4.78 is 28.7. The van der Waals surface area contributed by atoms with Crippen LogP contribution in [0.2, 0.25) is 5.02 Å². The van der Waals surface area contributed by atoms with E-state index in [4.69, 9.17) is 40.1 Å². The zero-order chi connectivity index (χ0) is 30.3. The van der Waals surface area contributed by atoms with Crippen molar-refractivity contribution in [2.45, 2.75) is 26.4 Å². The van der Waals surface area contributed by atoms with E-state index in [-0.39, 0.29) is 32.0 Å². The number of likely N-dealkylation sites (N-methyl/N-ethyl adjacent to an activating group) is 1. The van der Waals surface area contributed by atoms with E-state index in [9.17, 15) is 4.79 Å². The van der Waals surface area contributed by atoms with Crippen LogP contribution < -0.4 is 24.3 Å². The third-order valence-electron chi connectivity index (χ3n) is 6.57. The monoisotopic (exact) mass is 611 g/mol. The van der Waals surface area contributed by atoms with Crippen molar-refractivity contribution in [2.24, 2.45) is 0 Å². The van der Waals surface area contributed by atoms with Crippen LogP contribution in [-0.4, -0.2) is 92.3 Å². The molecule has 0 aliphatic carbocycles. The number of carbonyl (C=O) groups is 1. The van der Waals surface area contributed by atoms with Crippen molar-refractivity contribution in [1.29, 1.82) is 0 Å². The molecule has 2 aromatic carbocycles. The molecule has 12 nitrogen and oxygen atoms in total. The van der Waals surface area contributed by atoms with Crippen molar-refractivity contribution in [3.63, 3.8) is 0 Å². The molecule has 0 unspecified atom stereocenters. The minimum atomic E-state index is -0.124. The third-order valence-corrected chi connectivity index (χ3v) is 6.87. The topological polar surface area (TPSA) is 117 Å². The van der Waals surface area contributed by atoms with E-state index in [1.807, 2.05) is 26.0 Å². The zero-order valence-electron chi connectivity index (χ0n) is 24.6. The molecule has 1 aromatic heterocycles. The van der Waals surface area contributed by atoms with Crippen LogP contribution in [0.5, 0.6) is 23.0 Å². The number of piperazine rings is 1. The Morgan fingerprint density at radius 1 is 1.14 bits per heavy atom. The number of carbonyl (C=O) groups excluding carboxylic acids is 1. The van der Waals surface area contributed by atoms with E-state index in [2.05, 4.69) is 27.1 Å². The van der Waals surface area contributed by atoms with E-state index >= 15 is 0 Å². The molecule has 228 valence electrons. The average molecular weight is 612 g/mol. The minimum Gasteiger partial charge on any atom is -0.493 e. The molecular formula is C30H34ClN5O7. The van der Waals surface area contributed by atoms with E-state index in [0.29, 0.717) is 88.7 Å². The number of hydroxylamine groups is 2. The smallest absolute Gasteiger partial charge is 0.238 e. The molecule has 1 amide bonds. The highest BCUT2D eigenvalue weighted by Gasteiger charge is 2.26. The van der Waals surface area contributed by atoms with Gasteiger partial charge in [0.05, 0.1) is 40.8 Å². The summed E-state index contributed by atoms with van der Waals surface area (Å²) in [6.45, 7) is 6.62. The Hall–Kier alpha value is -4.02. The molecule has 1 fully saturated rings. The summed E-state index contributed by atoms with van der Waals surface area (Å²) in [5, 5.41) is 6.04. The summed E-state index contributed by atoms with van der Waals surface area (Å²) in [6, 6.07) is 5.36. The van der Waals surface area contributed by atoms with Crippen molar-refractivity contribution >= 4 is 39.9 Å². The van der Waals surface area contributed by atoms with Gasteiger partial charge in [0, 0.05) is 45.8 Å². The van der Waals surface area contributed by atoms with Gasteiger partial charge in [-0.3, -0.25) is 9.63 Å². The number of anilines is 2. The van der Waals surface area contributed by atoms with Gasteiger partial charge in [-0.25, -0.2) is 9.97 Å². The molecule has 1 saturated heterocycles. The fourth-order valence-electron chi connectivity index (χ4n) is 4.51. The normalized spacial score (nSPS) is 14.7. The molecule has 3 aromatic rings. The molecule has 0 bridgehead atoms. The van der Waals surface area contributed by atoms with Gasteiger partial charge in [-0.05, 0) is 19.9 Å². The summed E-state index contributed by atoms with van der Waals surface area (Å²) in [6.07, 6.45) is 1.96. The second kappa shape index (κ2) is 14.0.